The van der Waals surface area contributed by atoms with Gasteiger partial charge in [0.15, 0.2) is 0 Å². The smallest absolute Gasteiger partial charge is 0.349 e. The van der Waals surface area contributed by atoms with Gasteiger partial charge in [0.2, 0.25) is 18.1 Å². The minimum Gasteiger partial charge on any atom is -0.497 e. The lowest BCUT2D eigenvalue weighted by Crippen LogP contribution is -2.47. The minimum atomic E-state index is -1.69. The Morgan fingerprint density at radius 3 is 1.63 bits per heavy atom. The molecule has 296 valence electrons. The van der Waals surface area contributed by atoms with Gasteiger partial charge >= 0.3 is 11.9 Å². The Morgan fingerprint density at radius 1 is 0.741 bits per heavy atom. The molecule has 3 aromatic rings. The molecule has 1 amide bonds. The summed E-state index contributed by atoms with van der Waals surface area (Å²) in [4.78, 5) is 40.6. The molecule has 0 spiro atoms. The van der Waals surface area contributed by atoms with Crippen LogP contribution in [0.1, 0.15) is 75.5 Å². The first-order valence-electron chi connectivity index (χ1n) is 19.0. The number of ether oxygens (including phenoxy) is 3. The molecule has 4 N–H and O–H groups in total. The van der Waals surface area contributed by atoms with Gasteiger partial charge in [0.05, 0.1) is 7.11 Å². The Labute approximate surface area is 320 Å². The number of rotatable bonds is 15. The molecule has 1 heterocycles. The molecule has 11 nitrogen and oxygen atoms in total. The number of amides is 1. The first-order valence-corrected chi connectivity index (χ1v) is 19.0. The number of hydrogen-bond acceptors (Lipinski definition) is 7. The summed E-state index contributed by atoms with van der Waals surface area (Å²) >= 11 is 0. The minimum absolute atomic E-state index is 0. The molecular weight excluding hydrogens is 688 g/mol. The summed E-state index contributed by atoms with van der Waals surface area (Å²) in [5, 5.41) is 18.7. The number of carboxylic acids is 2. The average molecular weight is 749 g/mol. The van der Waals surface area contributed by atoms with E-state index in [0.29, 0.717) is 23.8 Å². The van der Waals surface area contributed by atoms with Gasteiger partial charge in [-0.2, -0.15) is 0 Å². The second-order valence-electron chi connectivity index (χ2n) is 14.5. The molecule has 1 aliphatic carbocycles. The Balaban J connectivity index is 0.000000290. The van der Waals surface area contributed by atoms with E-state index in [4.69, 9.17) is 14.2 Å². The maximum atomic E-state index is 12.8. The molecule has 1 saturated carbocycles. The fourth-order valence-electron chi connectivity index (χ4n) is 7.14. The molecule has 2 fully saturated rings. The van der Waals surface area contributed by atoms with E-state index in [2.05, 4.69) is 47.9 Å². The van der Waals surface area contributed by atoms with Crippen LogP contribution in [0, 0.1) is 25.7 Å². The number of carboxylic acid groups (broad SMARTS) is 2. The molecule has 1 aliphatic heterocycles. The van der Waals surface area contributed by atoms with Gasteiger partial charge in [-0.05, 0) is 107 Å². The first-order chi connectivity index (χ1) is 25.5. The van der Waals surface area contributed by atoms with Gasteiger partial charge in [0.1, 0.15) is 17.2 Å². The van der Waals surface area contributed by atoms with E-state index in [1.165, 1.54) is 24.8 Å². The second-order valence-corrected chi connectivity index (χ2v) is 14.5. The van der Waals surface area contributed by atoms with Gasteiger partial charge in [0.25, 0.3) is 0 Å². The lowest BCUT2D eigenvalue weighted by atomic mass is 9.87. The molecular formula is C43H60N2O9. The first kappa shape index (κ1) is 43.8. The van der Waals surface area contributed by atoms with Crippen LogP contribution in [0.5, 0.6) is 17.2 Å². The van der Waals surface area contributed by atoms with Crippen molar-refractivity contribution in [2.45, 2.75) is 97.3 Å². The van der Waals surface area contributed by atoms with Crippen LogP contribution in [0.15, 0.2) is 72.8 Å². The van der Waals surface area contributed by atoms with Crippen molar-refractivity contribution in [1.29, 1.82) is 0 Å². The number of carbonyl (C=O) groups excluding carboxylic acids is 1. The Morgan fingerprint density at radius 2 is 1.20 bits per heavy atom. The van der Waals surface area contributed by atoms with Gasteiger partial charge in [-0.1, -0.05) is 73.7 Å². The van der Waals surface area contributed by atoms with E-state index in [0.717, 1.165) is 75.2 Å². The van der Waals surface area contributed by atoms with Gasteiger partial charge < -0.3 is 39.7 Å². The van der Waals surface area contributed by atoms with Crippen LogP contribution in [0.2, 0.25) is 0 Å². The van der Waals surface area contributed by atoms with E-state index >= 15 is 0 Å². The summed E-state index contributed by atoms with van der Waals surface area (Å²) in [5.41, 5.74) is 3.31. The number of carbonyl (C=O) groups is 3. The van der Waals surface area contributed by atoms with E-state index in [-0.39, 0.29) is 17.0 Å². The van der Waals surface area contributed by atoms with Crippen molar-refractivity contribution < 1.29 is 44.3 Å². The van der Waals surface area contributed by atoms with E-state index in [1.807, 2.05) is 13.8 Å². The number of likely N-dealkylation sites (tertiary alicyclic amines) is 1. The number of piperidine rings is 1. The normalized spacial score (nSPS) is 16.5. The van der Waals surface area contributed by atoms with Crippen LogP contribution in [-0.2, 0) is 20.8 Å². The quantitative estimate of drug-likeness (QED) is 0.175. The SMILES string of the molecule is CCN(CC1CCN(C(=O)C2CCCCC2)CC1)C(C)Cc1ccc(OC)cc1.Cc1ccc(O[C@@H](C(=O)O)[C@@H](Oc2ccc(C)cc2)C(=O)O)cc1.O. The number of aliphatic carboxylic acids is 2. The zero-order valence-electron chi connectivity index (χ0n) is 32.5. The van der Waals surface area contributed by atoms with Crippen LogP contribution < -0.4 is 14.2 Å². The van der Waals surface area contributed by atoms with Crippen molar-refractivity contribution >= 4 is 17.8 Å². The molecule has 0 radical (unpaired) electrons. The number of nitrogens with zero attached hydrogens (tertiary/aromatic N) is 2. The lowest BCUT2D eigenvalue weighted by Gasteiger charge is -2.38. The Kier molecular flexibility index (Phi) is 17.8. The molecule has 11 heteroatoms. The molecule has 3 atom stereocenters. The fraction of sp³-hybridized carbons (Fsp3) is 0.512. The average Bonchev–Trinajstić information content (AvgIpc) is 3.17. The number of aryl methyl sites for hydroxylation is 2. The highest BCUT2D eigenvalue weighted by molar-refractivity contribution is 5.84. The van der Waals surface area contributed by atoms with E-state index < -0.39 is 24.1 Å². The molecule has 1 unspecified atom stereocenters. The number of methoxy groups -OCH3 is 1. The highest BCUT2D eigenvalue weighted by Gasteiger charge is 2.38. The summed E-state index contributed by atoms with van der Waals surface area (Å²) < 4.78 is 16.0. The number of benzene rings is 3. The third kappa shape index (κ3) is 13.4. The summed E-state index contributed by atoms with van der Waals surface area (Å²) in [6, 6.07) is 22.3. The fourth-order valence-corrected chi connectivity index (χ4v) is 7.14. The van der Waals surface area contributed by atoms with Crippen molar-refractivity contribution in [1.82, 2.24) is 9.80 Å². The number of likely N-dealkylation sites (N-methyl/N-ethyl adjacent to an activating group) is 1. The largest absolute Gasteiger partial charge is 0.497 e. The lowest BCUT2D eigenvalue weighted by molar-refractivity contribution is -0.161. The maximum absolute atomic E-state index is 12.8. The highest BCUT2D eigenvalue weighted by atomic mass is 16.6. The van der Waals surface area contributed by atoms with Crippen LogP contribution in [0.3, 0.4) is 0 Å². The van der Waals surface area contributed by atoms with Gasteiger partial charge in [-0.3, -0.25) is 4.79 Å². The summed E-state index contributed by atoms with van der Waals surface area (Å²) in [6.45, 7) is 12.5. The van der Waals surface area contributed by atoms with Gasteiger partial charge in [-0.25, -0.2) is 9.59 Å². The zero-order chi connectivity index (χ0) is 38.3. The summed E-state index contributed by atoms with van der Waals surface area (Å²) in [5.74, 6) is 0.0657. The highest BCUT2D eigenvalue weighted by Crippen LogP contribution is 2.28. The number of hydrogen-bond donors (Lipinski definition) is 2. The standard InChI is InChI=1S/C25H40N2O2.C18H18O6.H2O/c1-4-26(20(2)18-21-10-12-24(29-3)13-11-21)19-22-14-16-27(17-15-22)25(28)23-8-6-5-7-9-23;1-11-3-7-13(8-4-11)23-15(17(19)20)16(18(21)22)24-14-9-5-12(2)6-10-14;/h10-13,20,22-23H,4-9,14-19H2,1-3H3;3-10,15-16H,1-2H3,(H,19,20)(H,21,22);1H2/t;15-,16-;/m.1./s1. The van der Waals surface area contributed by atoms with Crippen molar-refractivity contribution in [3.63, 3.8) is 0 Å². The predicted molar refractivity (Wildman–Crippen MR) is 209 cm³/mol. The van der Waals surface area contributed by atoms with Crippen molar-refractivity contribution in [3.8, 4) is 17.2 Å². The van der Waals surface area contributed by atoms with Crippen molar-refractivity contribution in [2.75, 3.05) is 33.3 Å². The third-order valence-corrected chi connectivity index (χ3v) is 10.4. The van der Waals surface area contributed by atoms with E-state index in [1.54, 1.807) is 55.6 Å². The van der Waals surface area contributed by atoms with E-state index in [9.17, 15) is 24.6 Å². The Hall–Kier alpha value is -4.61. The summed E-state index contributed by atoms with van der Waals surface area (Å²) in [7, 11) is 1.71. The molecule has 0 bridgehead atoms. The predicted octanol–water partition coefficient (Wildman–Crippen LogP) is 6.61. The molecule has 2 aliphatic rings. The van der Waals surface area contributed by atoms with Gasteiger partial charge in [0, 0.05) is 31.6 Å². The van der Waals surface area contributed by atoms with Crippen LogP contribution in [0.4, 0.5) is 0 Å². The van der Waals surface area contributed by atoms with Gasteiger partial charge in [-0.15, -0.1) is 0 Å². The van der Waals surface area contributed by atoms with Crippen LogP contribution in [-0.4, -0.2) is 94.9 Å². The molecule has 1 saturated heterocycles. The monoisotopic (exact) mass is 748 g/mol. The molecule has 3 aromatic carbocycles. The van der Waals surface area contributed by atoms with Crippen LogP contribution >= 0.6 is 0 Å². The second kappa shape index (κ2) is 21.9. The van der Waals surface area contributed by atoms with Crippen molar-refractivity contribution in [3.05, 3.63) is 89.5 Å². The summed E-state index contributed by atoms with van der Waals surface area (Å²) in [6.07, 6.45) is 6.03. The maximum Gasteiger partial charge on any atom is 0.349 e. The molecule has 5 rings (SSSR count). The van der Waals surface area contributed by atoms with Crippen LogP contribution in [0.25, 0.3) is 0 Å². The molecule has 0 aromatic heterocycles. The molecule has 54 heavy (non-hydrogen) atoms. The zero-order valence-corrected chi connectivity index (χ0v) is 32.5. The topological polar surface area (TPSA) is 157 Å². The Bertz CT molecular complexity index is 1500. The third-order valence-electron chi connectivity index (χ3n) is 10.4. The van der Waals surface area contributed by atoms with Crippen molar-refractivity contribution in [2.24, 2.45) is 11.8 Å².